The van der Waals surface area contributed by atoms with Crippen LogP contribution >= 0.6 is 0 Å². The summed E-state index contributed by atoms with van der Waals surface area (Å²) < 4.78 is 32.2. The number of ether oxygens (including phenoxy) is 1. The Kier molecular flexibility index (Phi) is 6.38. The molecule has 0 saturated heterocycles. The molecule has 0 aliphatic heterocycles. The van der Waals surface area contributed by atoms with E-state index < -0.39 is 18.1 Å². The molecular formula is C14H20F2N2O2. The maximum atomic E-state index is 13.7. The van der Waals surface area contributed by atoms with Gasteiger partial charge in [0.25, 0.3) is 5.92 Å². The van der Waals surface area contributed by atoms with Gasteiger partial charge in [-0.15, -0.1) is 0 Å². The molecule has 0 radical (unpaired) electrons. The number of benzene rings is 1. The number of alkyl carbamates (subject to hydrolysis) is 1. The number of hydrogen-bond donors (Lipinski definition) is 2. The van der Waals surface area contributed by atoms with E-state index in [0.717, 1.165) is 5.56 Å². The molecule has 0 aliphatic carbocycles. The molecule has 0 saturated carbocycles. The number of nitrogens with one attached hydrogen (secondary N) is 1. The molecule has 0 aliphatic rings. The zero-order valence-electron chi connectivity index (χ0n) is 11.4. The molecule has 1 rings (SSSR count). The molecule has 0 bridgehead atoms. The lowest BCUT2D eigenvalue weighted by atomic mass is 10.1. The summed E-state index contributed by atoms with van der Waals surface area (Å²) in [5.74, 6) is -3.03. The van der Waals surface area contributed by atoms with Crippen molar-refractivity contribution in [3.63, 3.8) is 0 Å². The monoisotopic (exact) mass is 286 g/mol. The van der Waals surface area contributed by atoms with E-state index in [1.807, 2.05) is 6.07 Å². The normalized spacial score (nSPS) is 12.8. The second-order valence-electron chi connectivity index (χ2n) is 4.51. The Labute approximate surface area is 117 Å². The van der Waals surface area contributed by atoms with Gasteiger partial charge in [0.15, 0.2) is 0 Å². The van der Waals surface area contributed by atoms with Crippen LogP contribution in [0.1, 0.15) is 25.3 Å². The summed E-state index contributed by atoms with van der Waals surface area (Å²) in [6, 6.07) is 7.58. The lowest BCUT2D eigenvalue weighted by molar-refractivity contribution is -0.0420. The van der Waals surface area contributed by atoms with Gasteiger partial charge in [0.05, 0.1) is 0 Å². The highest BCUT2D eigenvalue weighted by atomic mass is 19.3. The lowest BCUT2D eigenvalue weighted by Crippen LogP contribution is -2.52. The topological polar surface area (TPSA) is 64.3 Å². The van der Waals surface area contributed by atoms with Crippen molar-refractivity contribution < 1.29 is 18.3 Å². The van der Waals surface area contributed by atoms with Crippen molar-refractivity contribution in [3.8, 4) is 0 Å². The van der Waals surface area contributed by atoms with Crippen LogP contribution in [0.3, 0.4) is 0 Å². The number of carbonyl (C=O) groups is 1. The molecule has 20 heavy (non-hydrogen) atoms. The first-order valence-electron chi connectivity index (χ1n) is 6.54. The van der Waals surface area contributed by atoms with Crippen LogP contribution in [-0.2, 0) is 11.3 Å². The minimum absolute atomic E-state index is 0.0311. The molecule has 6 heteroatoms. The van der Waals surface area contributed by atoms with Crippen molar-refractivity contribution in [1.82, 2.24) is 5.32 Å². The van der Waals surface area contributed by atoms with Crippen LogP contribution in [0.2, 0.25) is 0 Å². The third kappa shape index (κ3) is 5.13. The average Bonchev–Trinajstić information content (AvgIpc) is 2.43. The van der Waals surface area contributed by atoms with E-state index in [1.54, 1.807) is 31.2 Å². The Morgan fingerprint density at radius 3 is 2.60 bits per heavy atom. The first-order valence-corrected chi connectivity index (χ1v) is 6.54. The second-order valence-corrected chi connectivity index (χ2v) is 4.51. The molecule has 0 heterocycles. The molecule has 0 aromatic heterocycles. The van der Waals surface area contributed by atoms with Crippen molar-refractivity contribution in [2.75, 3.05) is 6.54 Å². The van der Waals surface area contributed by atoms with Gasteiger partial charge in [0.2, 0.25) is 0 Å². The molecule has 112 valence electrons. The van der Waals surface area contributed by atoms with Gasteiger partial charge < -0.3 is 15.8 Å². The minimum atomic E-state index is -3.03. The van der Waals surface area contributed by atoms with E-state index in [4.69, 9.17) is 10.5 Å². The highest BCUT2D eigenvalue weighted by molar-refractivity contribution is 5.67. The maximum Gasteiger partial charge on any atom is 0.407 e. The first kappa shape index (κ1) is 16.4. The third-order valence-corrected chi connectivity index (χ3v) is 2.83. The number of amides is 1. The van der Waals surface area contributed by atoms with Gasteiger partial charge >= 0.3 is 6.09 Å². The van der Waals surface area contributed by atoms with Crippen molar-refractivity contribution in [2.45, 2.75) is 38.3 Å². The van der Waals surface area contributed by atoms with E-state index in [2.05, 4.69) is 5.32 Å². The molecule has 3 N–H and O–H groups in total. The van der Waals surface area contributed by atoms with Gasteiger partial charge in [-0.25, -0.2) is 13.6 Å². The Morgan fingerprint density at radius 2 is 2.05 bits per heavy atom. The Balaban J connectivity index is 2.47. The summed E-state index contributed by atoms with van der Waals surface area (Å²) in [5.41, 5.74) is 6.08. The second kappa shape index (κ2) is 7.79. The van der Waals surface area contributed by atoms with E-state index in [1.165, 1.54) is 0 Å². The zero-order valence-corrected chi connectivity index (χ0v) is 11.4. The van der Waals surface area contributed by atoms with E-state index in [-0.39, 0.29) is 19.6 Å². The summed E-state index contributed by atoms with van der Waals surface area (Å²) in [6.07, 6.45) is -0.905. The van der Waals surface area contributed by atoms with Crippen LogP contribution in [0, 0.1) is 0 Å². The van der Waals surface area contributed by atoms with E-state index in [0.29, 0.717) is 6.42 Å². The molecule has 0 spiro atoms. The molecule has 0 unspecified atom stereocenters. The van der Waals surface area contributed by atoms with Crippen LogP contribution in [-0.4, -0.2) is 24.6 Å². The Morgan fingerprint density at radius 1 is 1.40 bits per heavy atom. The van der Waals surface area contributed by atoms with Gasteiger partial charge in [0, 0.05) is 13.0 Å². The molecular weight excluding hydrogens is 266 g/mol. The summed E-state index contributed by atoms with van der Waals surface area (Å²) in [7, 11) is 0. The largest absolute Gasteiger partial charge is 0.445 e. The molecule has 4 nitrogen and oxygen atoms in total. The number of hydrogen-bond acceptors (Lipinski definition) is 3. The van der Waals surface area contributed by atoms with Crippen LogP contribution in [0.15, 0.2) is 30.3 Å². The zero-order chi connectivity index (χ0) is 15.0. The van der Waals surface area contributed by atoms with Crippen molar-refractivity contribution >= 4 is 6.09 Å². The van der Waals surface area contributed by atoms with Gasteiger partial charge in [-0.1, -0.05) is 43.7 Å². The highest BCUT2D eigenvalue weighted by Gasteiger charge is 2.38. The molecule has 1 atom stereocenters. The quantitative estimate of drug-likeness (QED) is 0.810. The van der Waals surface area contributed by atoms with Gasteiger partial charge in [-0.05, 0) is 5.56 Å². The predicted octanol–water partition coefficient (Wildman–Crippen LogP) is 2.68. The smallest absolute Gasteiger partial charge is 0.407 e. The number of rotatable bonds is 7. The number of carbonyl (C=O) groups excluding carboxylic acids is 1. The number of nitrogens with two attached hydrogens (primary N) is 1. The Bertz CT molecular complexity index is 413. The molecule has 1 aromatic rings. The average molecular weight is 286 g/mol. The predicted molar refractivity (Wildman–Crippen MR) is 72.5 cm³/mol. The third-order valence-electron chi connectivity index (χ3n) is 2.83. The molecule has 0 fully saturated rings. The van der Waals surface area contributed by atoms with Gasteiger partial charge in [0.1, 0.15) is 12.6 Å². The van der Waals surface area contributed by atoms with E-state index >= 15 is 0 Å². The van der Waals surface area contributed by atoms with Crippen molar-refractivity contribution in [3.05, 3.63) is 35.9 Å². The SMILES string of the molecule is CCCC(F)(F)[C@@H](CN)NC(=O)OCc1ccccc1. The Hall–Kier alpha value is -1.69. The lowest BCUT2D eigenvalue weighted by Gasteiger charge is -2.26. The van der Waals surface area contributed by atoms with Crippen LogP contribution in [0.4, 0.5) is 13.6 Å². The summed E-state index contributed by atoms with van der Waals surface area (Å²) >= 11 is 0. The fourth-order valence-corrected chi connectivity index (χ4v) is 1.75. The fourth-order valence-electron chi connectivity index (χ4n) is 1.75. The van der Waals surface area contributed by atoms with E-state index in [9.17, 15) is 13.6 Å². The van der Waals surface area contributed by atoms with Crippen molar-refractivity contribution in [1.29, 1.82) is 0 Å². The van der Waals surface area contributed by atoms with Crippen LogP contribution in [0.25, 0.3) is 0 Å². The van der Waals surface area contributed by atoms with Crippen molar-refractivity contribution in [2.24, 2.45) is 5.73 Å². The van der Waals surface area contributed by atoms with Gasteiger partial charge in [-0.2, -0.15) is 0 Å². The molecule has 1 aromatic carbocycles. The maximum absolute atomic E-state index is 13.7. The van der Waals surface area contributed by atoms with Gasteiger partial charge in [-0.3, -0.25) is 0 Å². The number of alkyl halides is 2. The highest BCUT2D eigenvalue weighted by Crippen LogP contribution is 2.24. The minimum Gasteiger partial charge on any atom is -0.445 e. The summed E-state index contributed by atoms with van der Waals surface area (Å²) in [6.45, 7) is 1.34. The first-order chi connectivity index (χ1) is 9.49. The fraction of sp³-hybridized carbons (Fsp3) is 0.500. The molecule has 1 amide bonds. The number of halogens is 2. The van der Waals surface area contributed by atoms with Crippen LogP contribution in [0.5, 0.6) is 0 Å². The summed E-state index contributed by atoms with van der Waals surface area (Å²) in [5, 5.41) is 2.13. The van der Waals surface area contributed by atoms with Crippen LogP contribution < -0.4 is 11.1 Å². The standard InChI is InChI=1S/C14H20F2N2O2/c1-2-8-14(15,16)12(9-17)18-13(19)20-10-11-6-4-3-5-7-11/h3-7,12H,2,8-10,17H2,1H3,(H,18,19)/t12-/m1/s1. The summed E-state index contributed by atoms with van der Waals surface area (Å²) in [4.78, 5) is 11.5.